The van der Waals surface area contributed by atoms with Gasteiger partial charge in [-0.3, -0.25) is 0 Å². The Morgan fingerprint density at radius 1 is 1.03 bits per heavy atom. The van der Waals surface area contributed by atoms with Crippen molar-refractivity contribution in [2.75, 3.05) is 27.3 Å². The molecule has 0 bridgehead atoms. The van der Waals surface area contributed by atoms with Crippen LogP contribution in [0.15, 0.2) is 57.0 Å². The summed E-state index contributed by atoms with van der Waals surface area (Å²) in [7, 11) is -0.303. The van der Waals surface area contributed by atoms with Gasteiger partial charge in [0.25, 0.3) is 5.22 Å². The van der Waals surface area contributed by atoms with Crippen LogP contribution in [0.25, 0.3) is 11.5 Å². The molecule has 2 heterocycles. The van der Waals surface area contributed by atoms with Crippen molar-refractivity contribution in [2.45, 2.75) is 35.1 Å². The fourth-order valence-corrected chi connectivity index (χ4v) is 5.87. The molecule has 170 valence electrons. The average Bonchev–Trinajstić information content (AvgIpc) is 3.32. The third kappa shape index (κ3) is 4.92. The van der Waals surface area contributed by atoms with Gasteiger partial charge in [0.1, 0.15) is 11.5 Å². The van der Waals surface area contributed by atoms with Crippen LogP contribution in [0.5, 0.6) is 11.5 Å². The van der Waals surface area contributed by atoms with E-state index in [1.54, 1.807) is 42.8 Å². The zero-order chi connectivity index (χ0) is 22.6. The highest BCUT2D eigenvalue weighted by Crippen LogP contribution is 2.32. The molecular weight excluding hydrogens is 450 g/mol. The predicted octanol–water partition coefficient (Wildman–Crippen LogP) is 4.22. The first-order valence-corrected chi connectivity index (χ1v) is 12.7. The lowest BCUT2D eigenvalue weighted by molar-refractivity contribution is 0.346. The molecule has 0 atom stereocenters. The van der Waals surface area contributed by atoms with Crippen LogP contribution >= 0.6 is 11.8 Å². The fraction of sp³-hybridized carbons (Fsp3) is 0.364. The molecule has 1 aromatic heterocycles. The van der Waals surface area contributed by atoms with E-state index in [1.807, 2.05) is 18.2 Å². The Kier molecular flexibility index (Phi) is 7.02. The molecule has 0 N–H and O–H groups in total. The molecular formula is C22H25N3O5S2. The van der Waals surface area contributed by atoms with Crippen molar-refractivity contribution in [3.8, 4) is 23.0 Å². The second kappa shape index (κ2) is 9.93. The van der Waals surface area contributed by atoms with E-state index in [1.165, 1.54) is 11.8 Å². The average molecular weight is 476 g/mol. The van der Waals surface area contributed by atoms with E-state index in [0.717, 1.165) is 36.3 Å². The van der Waals surface area contributed by atoms with Crippen molar-refractivity contribution < 1.29 is 22.3 Å². The van der Waals surface area contributed by atoms with Gasteiger partial charge in [-0.05, 0) is 49.2 Å². The standard InChI is InChI=1S/C22H25N3O5S2/c1-28-18-9-10-20(29-2)17(13-18)15-31-22-24-23-21(30-22)16-7-6-8-19(14-16)32(26,27)25-11-4-3-5-12-25/h6-10,13-14H,3-5,11-12,15H2,1-2H3. The van der Waals surface area contributed by atoms with Crippen LogP contribution in [0, 0.1) is 0 Å². The van der Waals surface area contributed by atoms with Crippen molar-refractivity contribution in [2.24, 2.45) is 0 Å². The number of hydrogen-bond donors (Lipinski definition) is 0. The highest BCUT2D eigenvalue weighted by atomic mass is 32.2. The van der Waals surface area contributed by atoms with Gasteiger partial charge in [-0.25, -0.2) is 8.42 Å². The number of piperidine rings is 1. The summed E-state index contributed by atoms with van der Waals surface area (Å²) in [5, 5.41) is 8.59. The van der Waals surface area contributed by atoms with Crippen LogP contribution in [-0.2, 0) is 15.8 Å². The van der Waals surface area contributed by atoms with Crippen molar-refractivity contribution >= 4 is 21.8 Å². The molecule has 0 aliphatic carbocycles. The maximum Gasteiger partial charge on any atom is 0.277 e. The van der Waals surface area contributed by atoms with Crippen LogP contribution in [0.3, 0.4) is 0 Å². The van der Waals surface area contributed by atoms with E-state index in [-0.39, 0.29) is 10.8 Å². The summed E-state index contributed by atoms with van der Waals surface area (Å²) in [5.41, 5.74) is 1.51. The van der Waals surface area contributed by atoms with Crippen LogP contribution in [0.2, 0.25) is 0 Å². The monoisotopic (exact) mass is 475 g/mol. The number of hydrogen-bond acceptors (Lipinski definition) is 8. The van der Waals surface area contributed by atoms with E-state index < -0.39 is 10.0 Å². The van der Waals surface area contributed by atoms with Gasteiger partial charge in [0.2, 0.25) is 15.9 Å². The smallest absolute Gasteiger partial charge is 0.277 e. The minimum atomic E-state index is -3.53. The number of methoxy groups -OCH3 is 2. The predicted molar refractivity (Wildman–Crippen MR) is 121 cm³/mol. The van der Waals surface area contributed by atoms with Crippen LogP contribution in [-0.4, -0.2) is 50.2 Å². The summed E-state index contributed by atoms with van der Waals surface area (Å²) in [5.74, 6) is 2.31. The normalized spacial score (nSPS) is 14.9. The molecule has 2 aromatic carbocycles. The Balaban J connectivity index is 1.50. The lowest BCUT2D eigenvalue weighted by atomic mass is 10.2. The molecule has 32 heavy (non-hydrogen) atoms. The molecule has 0 saturated carbocycles. The minimum absolute atomic E-state index is 0.241. The summed E-state index contributed by atoms with van der Waals surface area (Å²) in [6.45, 7) is 1.11. The molecule has 0 radical (unpaired) electrons. The van der Waals surface area contributed by atoms with Crippen molar-refractivity contribution in [3.05, 3.63) is 48.0 Å². The Bertz CT molecular complexity index is 1170. The summed E-state index contributed by atoms with van der Waals surface area (Å²) in [6.07, 6.45) is 2.85. The van der Waals surface area contributed by atoms with Gasteiger partial charge in [0.05, 0.1) is 19.1 Å². The maximum absolute atomic E-state index is 13.0. The Labute approximate surface area is 192 Å². The first-order chi connectivity index (χ1) is 15.5. The van der Waals surface area contributed by atoms with Crippen LogP contribution in [0.4, 0.5) is 0 Å². The van der Waals surface area contributed by atoms with Crippen LogP contribution in [0.1, 0.15) is 24.8 Å². The zero-order valence-corrected chi connectivity index (χ0v) is 19.6. The summed E-state index contributed by atoms with van der Waals surface area (Å²) < 4.78 is 44.0. The van der Waals surface area contributed by atoms with Gasteiger partial charge in [-0.1, -0.05) is 24.2 Å². The number of benzene rings is 2. The van der Waals surface area contributed by atoms with Gasteiger partial charge in [-0.2, -0.15) is 4.31 Å². The Hall–Kier alpha value is -2.56. The lowest BCUT2D eigenvalue weighted by Gasteiger charge is -2.25. The molecule has 0 unspecified atom stereocenters. The molecule has 1 aliphatic heterocycles. The zero-order valence-electron chi connectivity index (χ0n) is 18.0. The number of thioether (sulfide) groups is 1. The molecule has 3 aromatic rings. The maximum atomic E-state index is 13.0. The molecule has 1 aliphatic rings. The van der Waals surface area contributed by atoms with Crippen molar-refractivity contribution in [3.63, 3.8) is 0 Å². The molecule has 1 saturated heterocycles. The third-order valence-corrected chi connectivity index (χ3v) is 8.04. The first kappa shape index (κ1) is 22.6. The molecule has 4 rings (SSSR count). The minimum Gasteiger partial charge on any atom is -0.497 e. The van der Waals surface area contributed by atoms with Gasteiger partial charge < -0.3 is 13.9 Å². The quantitative estimate of drug-likeness (QED) is 0.447. The molecule has 0 spiro atoms. The van der Waals surface area contributed by atoms with Gasteiger partial charge in [-0.15, -0.1) is 10.2 Å². The summed E-state index contributed by atoms with van der Waals surface area (Å²) in [4.78, 5) is 0.241. The van der Waals surface area contributed by atoms with E-state index in [4.69, 9.17) is 13.9 Å². The van der Waals surface area contributed by atoms with Crippen molar-refractivity contribution in [1.29, 1.82) is 0 Å². The van der Waals surface area contributed by atoms with E-state index in [2.05, 4.69) is 10.2 Å². The van der Waals surface area contributed by atoms with Crippen molar-refractivity contribution in [1.82, 2.24) is 14.5 Å². The highest BCUT2D eigenvalue weighted by Gasteiger charge is 2.26. The topological polar surface area (TPSA) is 94.8 Å². The number of rotatable bonds is 8. The SMILES string of the molecule is COc1ccc(OC)c(CSc2nnc(-c3cccc(S(=O)(=O)N4CCCCC4)c3)o2)c1. The second-order valence-electron chi connectivity index (χ2n) is 7.33. The van der Waals surface area contributed by atoms with E-state index in [0.29, 0.717) is 29.6 Å². The van der Waals surface area contributed by atoms with Gasteiger partial charge >= 0.3 is 0 Å². The summed E-state index contributed by atoms with van der Waals surface area (Å²) in [6, 6.07) is 12.3. The highest BCUT2D eigenvalue weighted by molar-refractivity contribution is 7.98. The molecule has 1 fully saturated rings. The molecule has 10 heteroatoms. The number of sulfonamides is 1. The second-order valence-corrected chi connectivity index (χ2v) is 10.2. The molecule has 8 nitrogen and oxygen atoms in total. The third-order valence-electron chi connectivity index (χ3n) is 5.28. The Morgan fingerprint density at radius 2 is 1.84 bits per heavy atom. The number of ether oxygens (including phenoxy) is 2. The Morgan fingerprint density at radius 3 is 2.59 bits per heavy atom. The first-order valence-electron chi connectivity index (χ1n) is 10.3. The van der Waals surface area contributed by atoms with E-state index in [9.17, 15) is 8.42 Å². The van der Waals surface area contributed by atoms with E-state index >= 15 is 0 Å². The molecule has 0 amide bonds. The fourth-order valence-electron chi connectivity index (χ4n) is 3.56. The number of nitrogens with zero attached hydrogens (tertiary/aromatic N) is 3. The largest absolute Gasteiger partial charge is 0.497 e. The van der Waals surface area contributed by atoms with Gasteiger partial charge in [0.15, 0.2) is 0 Å². The summed E-state index contributed by atoms with van der Waals surface area (Å²) >= 11 is 1.37. The van der Waals surface area contributed by atoms with Crippen LogP contribution < -0.4 is 9.47 Å². The van der Waals surface area contributed by atoms with Gasteiger partial charge in [0, 0.05) is 30.0 Å². The number of aromatic nitrogens is 2. The lowest BCUT2D eigenvalue weighted by Crippen LogP contribution is -2.35.